The first-order chi connectivity index (χ1) is 23.9. The number of carbonyl (C=O) groups excluding carboxylic acids is 2. The van der Waals surface area contributed by atoms with Crippen LogP contribution in [-0.4, -0.2) is 36.7 Å². The minimum atomic E-state index is -0.384. The zero-order valence-corrected chi connectivity index (χ0v) is 29.2. The highest BCUT2D eigenvalue weighted by atomic mass is 32.2. The van der Waals surface area contributed by atoms with E-state index in [1.165, 1.54) is 12.2 Å². The molecule has 0 saturated heterocycles. The Morgan fingerprint density at radius 3 is 1.51 bits per heavy atom. The third-order valence-corrected chi connectivity index (χ3v) is 9.07. The average Bonchev–Trinajstić information content (AvgIpc) is 3.13. The van der Waals surface area contributed by atoms with Crippen molar-refractivity contribution >= 4 is 35.5 Å². The predicted molar refractivity (Wildman–Crippen MR) is 200 cm³/mol. The summed E-state index contributed by atoms with van der Waals surface area (Å²) in [5.41, 5.74) is 5.85. The van der Waals surface area contributed by atoms with Crippen LogP contribution in [0, 0.1) is 30.6 Å². The summed E-state index contributed by atoms with van der Waals surface area (Å²) in [6.45, 7) is 10.1. The van der Waals surface area contributed by atoms with E-state index in [4.69, 9.17) is 14.2 Å². The molecule has 0 N–H and O–H groups in total. The van der Waals surface area contributed by atoms with Crippen molar-refractivity contribution in [1.82, 2.24) is 0 Å². The number of esters is 2. The summed E-state index contributed by atoms with van der Waals surface area (Å²) in [5.74, 6) is 14.7. The predicted octanol–water partition coefficient (Wildman–Crippen LogP) is 8.80. The van der Waals surface area contributed by atoms with Gasteiger partial charge in [0, 0.05) is 55.7 Å². The van der Waals surface area contributed by atoms with E-state index in [1.54, 1.807) is 23.5 Å². The first kappa shape index (κ1) is 36.8. The Morgan fingerprint density at radius 1 is 0.633 bits per heavy atom. The number of benzene rings is 4. The standard InChI is InChI=1S/C42H38O5S2/c1-4-41(43)45-26-6-28-48-38-21-16-34(17-22-38)9-8-33-11-14-37(15-12-33)31-47-40-25-20-36(30-32(40)3)13-10-35-18-23-39(24-19-35)49-29-7-27-46-42(44)5-2/h4-5,11-12,14-25,30H,1-2,6-7,26-29,31H2,3H3. The van der Waals surface area contributed by atoms with Crippen molar-refractivity contribution in [1.29, 1.82) is 0 Å². The molecule has 0 aromatic heterocycles. The van der Waals surface area contributed by atoms with E-state index in [0.717, 1.165) is 73.3 Å². The molecule has 248 valence electrons. The number of hydrogen-bond donors (Lipinski definition) is 0. The summed E-state index contributed by atoms with van der Waals surface area (Å²) in [4.78, 5) is 24.5. The summed E-state index contributed by atoms with van der Waals surface area (Å²) >= 11 is 3.44. The van der Waals surface area contributed by atoms with E-state index in [-0.39, 0.29) is 11.9 Å². The van der Waals surface area contributed by atoms with Crippen LogP contribution < -0.4 is 4.74 Å². The molecule has 0 atom stereocenters. The van der Waals surface area contributed by atoms with E-state index >= 15 is 0 Å². The zero-order valence-electron chi connectivity index (χ0n) is 27.5. The molecule has 0 amide bonds. The van der Waals surface area contributed by atoms with E-state index in [2.05, 4.69) is 61.1 Å². The van der Waals surface area contributed by atoms with Gasteiger partial charge in [0.2, 0.25) is 0 Å². The number of carbonyl (C=O) groups is 2. The lowest BCUT2D eigenvalue weighted by atomic mass is 10.1. The third kappa shape index (κ3) is 13.5. The summed E-state index contributed by atoms with van der Waals surface area (Å²) in [6, 6.07) is 30.4. The highest BCUT2D eigenvalue weighted by Gasteiger charge is 2.03. The molecular formula is C42H38O5S2. The van der Waals surface area contributed by atoms with Crippen LogP contribution in [0.25, 0.3) is 0 Å². The molecule has 0 radical (unpaired) electrons. The maximum atomic E-state index is 11.1. The molecule has 0 bridgehead atoms. The number of aryl methyl sites for hydroxylation is 1. The van der Waals surface area contributed by atoms with Gasteiger partial charge < -0.3 is 14.2 Å². The Labute approximate surface area is 298 Å². The number of ether oxygens (including phenoxy) is 3. The van der Waals surface area contributed by atoms with Gasteiger partial charge in [-0.2, -0.15) is 0 Å². The van der Waals surface area contributed by atoms with Gasteiger partial charge in [-0.3, -0.25) is 0 Å². The van der Waals surface area contributed by atoms with Gasteiger partial charge >= 0.3 is 11.9 Å². The molecule has 4 aromatic carbocycles. The second-order valence-corrected chi connectivity index (χ2v) is 13.0. The molecule has 0 unspecified atom stereocenters. The van der Waals surface area contributed by atoms with Crippen LogP contribution in [0.2, 0.25) is 0 Å². The van der Waals surface area contributed by atoms with Crippen LogP contribution in [0.1, 0.15) is 46.2 Å². The fourth-order valence-corrected chi connectivity index (χ4v) is 5.91. The molecule has 0 aliphatic rings. The number of thioether (sulfide) groups is 2. The van der Waals surface area contributed by atoms with Crippen LogP contribution in [0.15, 0.2) is 126 Å². The minimum absolute atomic E-state index is 0.383. The normalized spacial score (nSPS) is 10.1. The average molecular weight is 687 g/mol. The van der Waals surface area contributed by atoms with E-state index in [9.17, 15) is 9.59 Å². The van der Waals surface area contributed by atoms with Gasteiger partial charge in [-0.25, -0.2) is 9.59 Å². The molecule has 4 rings (SSSR count). The summed E-state index contributed by atoms with van der Waals surface area (Å²) in [7, 11) is 0. The highest BCUT2D eigenvalue weighted by Crippen LogP contribution is 2.22. The van der Waals surface area contributed by atoms with Crippen molar-refractivity contribution in [3.05, 3.63) is 150 Å². The van der Waals surface area contributed by atoms with Crippen molar-refractivity contribution in [2.75, 3.05) is 24.7 Å². The molecule has 0 heterocycles. The smallest absolute Gasteiger partial charge is 0.330 e. The lowest BCUT2D eigenvalue weighted by Crippen LogP contribution is -2.02. The Morgan fingerprint density at radius 2 is 1.06 bits per heavy atom. The summed E-state index contributed by atoms with van der Waals surface area (Å²) < 4.78 is 16.1. The number of rotatable bonds is 15. The summed E-state index contributed by atoms with van der Waals surface area (Å²) in [6.07, 6.45) is 3.93. The van der Waals surface area contributed by atoms with Crippen LogP contribution in [0.4, 0.5) is 0 Å². The molecular weight excluding hydrogens is 649 g/mol. The van der Waals surface area contributed by atoms with E-state index in [0.29, 0.717) is 19.8 Å². The molecule has 49 heavy (non-hydrogen) atoms. The minimum Gasteiger partial charge on any atom is -0.489 e. The first-order valence-corrected chi connectivity index (χ1v) is 17.8. The topological polar surface area (TPSA) is 61.8 Å². The fraction of sp³-hybridized carbons (Fsp3) is 0.190. The van der Waals surface area contributed by atoms with Gasteiger partial charge in [0.1, 0.15) is 12.4 Å². The maximum Gasteiger partial charge on any atom is 0.330 e. The van der Waals surface area contributed by atoms with E-state index in [1.807, 2.05) is 73.7 Å². The van der Waals surface area contributed by atoms with Crippen molar-refractivity contribution in [2.45, 2.75) is 36.2 Å². The monoisotopic (exact) mass is 686 g/mol. The van der Waals surface area contributed by atoms with Gasteiger partial charge in [-0.05, 0) is 110 Å². The van der Waals surface area contributed by atoms with E-state index < -0.39 is 0 Å². The highest BCUT2D eigenvalue weighted by molar-refractivity contribution is 7.99. The Bertz CT molecular complexity index is 1840. The maximum absolute atomic E-state index is 11.1. The Kier molecular flexibility index (Phi) is 15.2. The molecule has 0 aliphatic carbocycles. The molecule has 7 heteroatoms. The fourth-order valence-electron chi connectivity index (χ4n) is 4.25. The molecule has 0 aliphatic heterocycles. The molecule has 0 fully saturated rings. The van der Waals surface area contributed by atoms with Gasteiger partial charge in [-0.1, -0.05) is 49.0 Å². The SMILES string of the molecule is C=CC(=O)OCCCSc1ccc(C#Cc2ccc(COc3ccc(C#Cc4ccc(SCCCOC(=O)C=C)cc4)cc3C)cc2)cc1. The van der Waals surface area contributed by atoms with Crippen molar-refractivity contribution < 1.29 is 23.8 Å². The molecule has 0 saturated carbocycles. The summed E-state index contributed by atoms with van der Waals surface area (Å²) in [5, 5.41) is 0. The molecule has 0 spiro atoms. The second kappa shape index (κ2) is 20.3. The van der Waals surface area contributed by atoms with Gasteiger partial charge in [0.05, 0.1) is 13.2 Å². The van der Waals surface area contributed by atoms with Crippen LogP contribution in [-0.2, 0) is 25.7 Å². The Hall–Kier alpha value is -5.08. The molecule has 4 aromatic rings. The van der Waals surface area contributed by atoms with Crippen molar-refractivity contribution in [3.8, 4) is 29.4 Å². The van der Waals surface area contributed by atoms with Crippen LogP contribution in [0.5, 0.6) is 5.75 Å². The van der Waals surface area contributed by atoms with Crippen molar-refractivity contribution in [3.63, 3.8) is 0 Å². The Balaban J connectivity index is 1.20. The molecule has 5 nitrogen and oxygen atoms in total. The first-order valence-electron chi connectivity index (χ1n) is 15.8. The van der Waals surface area contributed by atoms with Crippen LogP contribution >= 0.6 is 23.5 Å². The van der Waals surface area contributed by atoms with Crippen LogP contribution in [0.3, 0.4) is 0 Å². The quantitative estimate of drug-likeness (QED) is 0.0407. The van der Waals surface area contributed by atoms with Gasteiger partial charge in [0.15, 0.2) is 0 Å². The third-order valence-electron chi connectivity index (χ3n) is 6.87. The van der Waals surface area contributed by atoms with Gasteiger partial charge in [0.25, 0.3) is 0 Å². The zero-order chi connectivity index (χ0) is 34.7. The lowest BCUT2D eigenvalue weighted by molar-refractivity contribution is -0.138. The number of hydrogen-bond acceptors (Lipinski definition) is 7. The lowest BCUT2D eigenvalue weighted by Gasteiger charge is -2.09. The largest absolute Gasteiger partial charge is 0.489 e. The van der Waals surface area contributed by atoms with Crippen molar-refractivity contribution in [2.24, 2.45) is 0 Å². The second-order valence-electron chi connectivity index (χ2n) is 10.7. The van der Waals surface area contributed by atoms with Gasteiger partial charge in [-0.15, -0.1) is 23.5 Å².